The van der Waals surface area contributed by atoms with Gasteiger partial charge in [-0.3, -0.25) is 0 Å². The van der Waals surface area contributed by atoms with E-state index < -0.39 is 11.9 Å². The van der Waals surface area contributed by atoms with Crippen LogP contribution in [0.3, 0.4) is 0 Å². The van der Waals surface area contributed by atoms with Gasteiger partial charge in [0.1, 0.15) is 5.75 Å². The summed E-state index contributed by atoms with van der Waals surface area (Å²) < 4.78 is 11.6. The lowest BCUT2D eigenvalue weighted by Crippen LogP contribution is -2.45. The number of likely N-dealkylation sites (tertiary alicyclic amines) is 1. The van der Waals surface area contributed by atoms with E-state index in [0.29, 0.717) is 28.7 Å². The monoisotopic (exact) mass is 463 g/mol. The summed E-state index contributed by atoms with van der Waals surface area (Å²) in [6, 6.07) is 5.32. The number of ether oxygens (including phenoxy) is 2. The number of carboxylic acid groups (broad SMARTS) is 2. The molecular formula is C21H31Cl2NO6. The smallest absolute Gasteiger partial charge is 0.414 e. The molecule has 0 aromatic heterocycles. The minimum atomic E-state index is -1.82. The number of benzene rings is 1. The van der Waals surface area contributed by atoms with Gasteiger partial charge in [0.05, 0.1) is 12.7 Å². The minimum absolute atomic E-state index is 0.298. The molecular weight excluding hydrogens is 433 g/mol. The summed E-state index contributed by atoms with van der Waals surface area (Å²) in [5.41, 5.74) is 0. The first-order chi connectivity index (χ1) is 14.3. The molecule has 0 unspecified atom stereocenters. The molecule has 170 valence electrons. The molecule has 9 heteroatoms. The van der Waals surface area contributed by atoms with Gasteiger partial charge in [-0.2, -0.15) is 0 Å². The third kappa shape index (κ3) is 10.5. The van der Waals surface area contributed by atoms with Crippen molar-refractivity contribution < 1.29 is 29.3 Å². The molecule has 0 amide bonds. The van der Waals surface area contributed by atoms with E-state index in [1.54, 1.807) is 18.2 Å². The van der Waals surface area contributed by atoms with E-state index in [-0.39, 0.29) is 0 Å². The molecule has 1 fully saturated rings. The summed E-state index contributed by atoms with van der Waals surface area (Å²) in [5.74, 6) is -2.37. The van der Waals surface area contributed by atoms with Gasteiger partial charge in [0.15, 0.2) is 0 Å². The molecule has 1 aliphatic rings. The second-order valence-electron chi connectivity index (χ2n) is 7.18. The van der Waals surface area contributed by atoms with Crippen LogP contribution < -0.4 is 4.74 Å². The Morgan fingerprint density at radius 1 is 1.13 bits per heavy atom. The maximum absolute atomic E-state index is 9.10. The summed E-state index contributed by atoms with van der Waals surface area (Å²) in [6.07, 6.45) is 6.33. The fourth-order valence-corrected chi connectivity index (χ4v) is 3.86. The Morgan fingerprint density at radius 3 is 2.30 bits per heavy atom. The van der Waals surface area contributed by atoms with Crippen LogP contribution in [0, 0.1) is 5.92 Å². The van der Waals surface area contributed by atoms with Crippen molar-refractivity contribution in [2.24, 2.45) is 5.92 Å². The molecule has 0 saturated carbocycles. The van der Waals surface area contributed by atoms with E-state index in [4.69, 9.17) is 52.5 Å². The van der Waals surface area contributed by atoms with Gasteiger partial charge in [-0.15, -0.1) is 0 Å². The van der Waals surface area contributed by atoms with Gasteiger partial charge in [-0.05, 0) is 56.5 Å². The first-order valence-corrected chi connectivity index (χ1v) is 10.8. The van der Waals surface area contributed by atoms with Crippen molar-refractivity contribution in [1.82, 2.24) is 4.90 Å². The summed E-state index contributed by atoms with van der Waals surface area (Å²) in [4.78, 5) is 20.7. The zero-order chi connectivity index (χ0) is 22.5. The minimum Gasteiger partial charge on any atom is -0.493 e. The highest BCUT2D eigenvalue weighted by atomic mass is 35.5. The second kappa shape index (κ2) is 14.5. The normalized spacial score (nSPS) is 18.9. The van der Waals surface area contributed by atoms with E-state index in [1.165, 1.54) is 32.2 Å². The molecule has 0 bridgehead atoms. The maximum atomic E-state index is 9.10. The molecule has 0 aliphatic carbocycles. The van der Waals surface area contributed by atoms with Crippen LogP contribution >= 0.6 is 23.2 Å². The van der Waals surface area contributed by atoms with Crippen molar-refractivity contribution in [3.05, 3.63) is 28.2 Å². The Balaban J connectivity index is 0.000000656. The molecule has 0 spiro atoms. The highest BCUT2D eigenvalue weighted by molar-refractivity contribution is 6.34. The van der Waals surface area contributed by atoms with Gasteiger partial charge in [-0.25, -0.2) is 9.59 Å². The number of methoxy groups -OCH3 is 1. The lowest BCUT2D eigenvalue weighted by molar-refractivity contribution is -0.159. The van der Waals surface area contributed by atoms with Crippen molar-refractivity contribution in [3.63, 3.8) is 0 Å². The van der Waals surface area contributed by atoms with E-state index in [1.807, 2.05) is 7.11 Å². The molecule has 0 radical (unpaired) electrons. The topological polar surface area (TPSA) is 96.3 Å². The van der Waals surface area contributed by atoms with Gasteiger partial charge in [0.2, 0.25) is 0 Å². The Kier molecular flexibility index (Phi) is 12.8. The summed E-state index contributed by atoms with van der Waals surface area (Å²) in [7, 11) is 1.82. The van der Waals surface area contributed by atoms with Crippen LogP contribution in [-0.4, -0.2) is 66.5 Å². The molecule has 1 aliphatic heterocycles. The maximum Gasteiger partial charge on any atom is 0.414 e. The Labute approximate surface area is 187 Å². The molecule has 1 aromatic rings. The van der Waals surface area contributed by atoms with Crippen LogP contribution in [0.25, 0.3) is 0 Å². The molecule has 2 N–H and O–H groups in total. The molecule has 2 rings (SSSR count). The second-order valence-corrected chi connectivity index (χ2v) is 8.06. The number of unbranched alkanes of at least 4 members (excludes halogenated alkanes) is 2. The number of hydrogen-bond donors (Lipinski definition) is 2. The van der Waals surface area contributed by atoms with Crippen molar-refractivity contribution in [2.45, 2.75) is 45.1 Å². The van der Waals surface area contributed by atoms with Crippen LogP contribution in [0.5, 0.6) is 5.75 Å². The molecule has 2 atom stereocenters. The first kappa shape index (κ1) is 26.5. The van der Waals surface area contributed by atoms with Gasteiger partial charge in [0, 0.05) is 23.7 Å². The fraction of sp³-hybridized carbons (Fsp3) is 0.619. The third-order valence-corrected chi connectivity index (χ3v) is 5.37. The summed E-state index contributed by atoms with van der Waals surface area (Å²) >= 11 is 12.0. The van der Waals surface area contributed by atoms with E-state index in [9.17, 15) is 0 Å². The first-order valence-electron chi connectivity index (χ1n) is 10.1. The average molecular weight is 464 g/mol. The van der Waals surface area contributed by atoms with E-state index in [2.05, 4.69) is 11.8 Å². The standard InChI is InChI=1S/C19H29Cl2NO2.C2H2O4/c1-3-4-5-8-22-9-6-15(19(14-22)23-2)7-10-24-18-12-16(20)11-17(21)13-18;3-1(4)2(5)6/h11-13,15,19H,3-10,14H2,1-2H3;(H,3,4)(H,5,6)/t15-,19-;/m1./s1. The number of halogens is 2. The van der Waals surface area contributed by atoms with Crippen LogP contribution in [0.2, 0.25) is 10.0 Å². The SMILES string of the molecule is CCCCCN1CC[C@H](CCOc2cc(Cl)cc(Cl)c2)[C@H](OC)C1.O=C(O)C(=O)O. The van der Waals surface area contributed by atoms with Gasteiger partial charge in [0.25, 0.3) is 0 Å². The van der Waals surface area contributed by atoms with Crippen molar-refractivity contribution in [2.75, 3.05) is 33.4 Å². The fourth-order valence-electron chi connectivity index (χ4n) is 3.35. The Bertz CT molecular complexity index is 641. The predicted molar refractivity (Wildman–Crippen MR) is 117 cm³/mol. The molecule has 30 heavy (non-hydrogen) atoms. The molecule has 1 aromatic carbocycles. The van der Waals surface area contributed by atoms with Gasteiger partial charge >= 0.3 is 11.9 Å². The molecule has 1 saturated heterocycles. The van der Waals surface area contributed by atoms with Crippen LogP contribution in [-0.2, 0) is 14.3 Å². The number of hydrogen-bond acceptors (Lipinski definition) is 5. The van der Waals surface area contributed by atoms with Crippen molar-refractivity contribution >= 4 is 35.1 Å². The lowest BCUT2D eigenvalue weighted by Gasteiger charge is -2.37. The van der Waals surface area contributed by atoms with Crippen molar-refractivity contribution in [1.29, 1.82) is 0 Å². The molecule has 1 heterocycles. The summed E-state index contributed by atoms with van der Waals surface area (Å²) in [6.45, 7) is 6.30. The van der Waals surface area contributed by atoms with Crippen molar-refractivity contribution in [3.8, 4) is 5.75 Å². The highest BCUT2D eigenvalue weighted by Gasteiger charge is 2.28. The number of carboxylic acids is 2. The number of piperidine rings is 1. The Hall–Kier alpha value is -1.54. The lowest BCUT2D eigenvalue weighted by atomic mass is 9.91. The van der Waals surface area contributed by atoms with Gasteiger partial charge in [-0.1, -0.05) is 43.0 Å². The largest absolute Gasteiger partial charge is 0.493 e. The van der Waals surface area contributed by atoms with Crippen LogP contribution in [0.15, 0.2) is 18.2 Å². The number of nitrogens with zero attached hydrogens (tertiary/aromatic N) is 1. The zero-order valence-corrected chi connectivity index (χ0v) is 19.0. The zero-order valence-electron chi connectivity index (χ0n) is 17.5. The highest BCUT2D eigenvalue weighted by Crippen LogP contribution is 2.26. The Morgan fingerprint density at radius 2 is 1.77 bits per heavy atom. The average Bonchev–Trinajstić information content (AvgIpc) is 2.68. The third-order valence-electron chi connectivity index (χ3n) is 4.94. The predicted octanol–water partition coefficient (Wildman–Crippen LogP) is 4.45. The van der Waals surface area contributed by atoms with E-state index in [0.717, 1.165) is 25.3 Å². The number of rotatable bonds is 9. The quantitative estimate of drug-likeness (QED) is 0.412. The van der Waals surface area contributed by atoms with Crippen LogP contribution in [0.4, 0.5) is 0 Å². The molecule has 7 nitrogen and oxygen atoms in total. The van der Waals surface area contributed by atoms with Gasteiger partial charge < -0.3 is 24.6 Å². The number of carbonyl (C=O) groups is 2. The summed E-state index contributed by atoms with van der Waals surface area (Å²) in [5, 5.41) is 16.0. The number of aliphatic carboxylic acids is 2. The van der Waals surface area contributed by atoms with E-state index >= 15 is 0 Å². The van der Waals surface area contributed by atoms with Crippen LogP contribution in [0.1, 0.15) is 39.0 Å².